The van der Waals surface area contributed by atoms with Crippen molar-refractivity contribution < 1.29 is 14.3 Å². The van der Waals surface area contributed by atoms with Crippen molar-refractivity contribution in [3.8, 4) is 11.5 Å². The van der Waals surface area contributed by atoms with E-state index >= 15 is 0 Å². The summed E-state index contributed by atoms with van der Waals surface area (Å²) >= 11 is 0. The number of nitrogens with one attached hydrogen (secondary N) is 2. The minimum absolute atomic E-state index is 0.260. The fourth-order valence-electron chi connectivity index (χ4n) is 3.34. The van der Waals surface area contributed by atoms with Crippen LogP contribution >= 0.6 is 0 Å². The second-order valence-corrected chi connectivity index (χ2v) is 6.88. The van der Waals surface area contributed by atoms with Gasteiger partial charge in [-0.1, -0.05) is 11.6 Å². The van der Waals surface area contributed by atoms with E-state index in [9.17, 15) is 4.79 Å². The molecule has 1 aliphatic heterocycles. The molecule has 0 atom stereocenters. The number of anilines is 2. The molecule has 0 saturated carbocycles. The monoisotopic (exact) mass is 380 g/mol. The molecule has 1 aromatic carbocycles. The summed E-state index contributed by atoms with van der Waals surface area (Å²) in [5, 5.41) is 6.07. The highest BCUT2D eigenvalue weighted by molar-refractivity contribution is 6.02. The Morgan fingerprint density at radius 1 is 1.07 bits per heavy atom. The molecular formula is C21H24N4O3. The molecule has 2 N–H and O–H groups in total. The van der Waals surface area contributed by atoms with Crippen LogP contribution in [0.15, 0.2) is 42.2 Å². The van der Waals surface area contributed by atoms with Crippen LogP contribution in [-0.2, 0) is 0 Å². The average Bonchev–Trinajstić information content (AvgIpc) is 2.75. The summed E-state index contributed by atoms with van der Waals surface area (Å²) in [6.07, 6.45) is 11.4. The highest BCUT2D eigenvalue weighted by atomic mass is 16.6. The molecule has 2 aromatic rings. The number of rotatable bonds is 6. The van der Waals surface area contributed by atoms with Crippen LogP contribution in [0.1, 0.15) is 42.6 Å². The first-order valence-corrected chi connectivity index (χ1v) is 9.73. The number of fused-ring (bicyclic) bond motifs is 1. The molecule has 7 heteroatoms. The summed E-state index contributed by atoms with van der Waals surface area (Å²) in [6, 6.07) is 5.30. The summed E-state index contributed by atoms with van der Waals surface area (Å²) in [7, 11) is 0. The summed E-state index contributed by atoms with van der Waals surface area (Å²) in [5.74, 6) is 1.67. The first kappa shape index (κ1) is 18.3. The van der Waals surface area contributed by atoms with E-state index in [1.54, 1.807) is 24.4 Å². The minimum atomic E-state index is -0.317. The first-order valence-electron chi connectivity index (χ1n) is 9.73. The number of amides is 1. The van der Waals surface area contributed by atoms with E-state index in [2.05, 4.69) is 26.7 Å². The van der Waals surface area contributed by atoms with E-state index in [4.69, 9.17) is 9.47 Å². The molecule has 4 rings (SSSR count). The van der Waals surface area contributed by atoms with Gasteiger partial charge < -0.3 is 20.1 Å². The fraction of sp³-hybridized carbons (Fsp3) is 0.381. The Hall–Kier alpha value is -3.09. The fourth-order valence-corrected chi connectivity index (χ4v) is 3.34. The summed E-state index contributed by atoms with van der Waals surface area (Å²) in [5.41, 5.74) is 2.40. The van der Waals surface area contributed by atoms with Crippen molar-refractivity contribution in [3.63, 3.8) is 0 Å². The van der Waals surface area contributed by atoms with Crippen LogP contribution in [0.3, 0.4) is 0 Å². The number of carbonyl (C=O) groups excluding carboxylic acids is 1. The number of carbonyl (C=O) groups is 1. The Morgan fingerprint density at radius 2 is 1.96 bits per heavy atom. The van der Waals surface area contributed by atoms with Gasteiger partial charge in [0, 0.05) is 18.3 Å². The lowest BCUT2D eigenvalue weighted by molar-refractivity contribution is 0.102. The number of nitrogens with zero attached hydrogens (tertiary/aromatic N) is 2. The van der Waals surface area contributed by atoms with Gasteiger partial charge in [0.05, 0.1) is 12.4 Å². The van der Waals surface area contributed by atoms with E-state index < -0.39 is 0 Å². The van der Waals surface area contributed by atoms with Gasteiger partial charge in [-0.05, 0) is 44.2 Å². The van der Waals surface area contributed by atoms with Gasteiger partial charge in [-0.25, -0.2) is 9.97 Å². The van der Waals surface area contributed by atoms with Gasteiger partial charge in [0.2, 0.25) is 0 Å². The minimum Gasteiger partial charge on any atom is -0.486 e. The van der Waals surface area contributed by atoms with Crippen molar-refractivity contribution in [1.29, 1.82) is 0 Å². The molecule has 0 bridgehead atoms. The molecule has 146 valence electrons. The van der Waals surface area contributed by atoms with Crippen molar-refractivity contribution in [2.75, 3.05) is 30.4 Å². The van der Waals surface area contributed by atoms with Gasteiger partial charge in [0.1, 0.15) is 24.7 Å². The predicted octanol–water partition coefficient (Wildman–Crippen LogP) is 3.80. The molecule has 1 aromatic heterocycles. The van der Waals surface area contributed by atoms with E-state index in [1.807, 2.05) is 0 Å². The van der Waals surface area contributed by atoms with E-state index in [0.717, 1.165) is 13.0 Å². The van der Waals surface area contributed by atoms with E-state index in [-0.39, 0.29) is 11.6 Å². The number of hydrogen-bond acceptors (Lipinski definition) is 6. The molecule has 1 aliphatic carbocycles. The number of aromatic nitrogens is 2. The first-order chi connectivity index (χ1) is 13.8. The lowest BCUT2D eigenvalue weighted by atomic mass is 9.97. The molecule has 2 aliphatic rings. The zero-order chi connectivity index (χ0) is 19.2. The zero-order valence-electron chi connectivity index (χ0n) is 15.7. The van der Waals surface area contributed by atoms with Gasteiger partial charge in [0.15, 0.2) is 11.5 Å². The number of hydrogen-bond donors (Lipinski definition) is 2. The molecule has 0 unspecified atom stereocenters. The van der Waals surface area contributed by atoms with Crippen LogP contribution < -0.4 is 20.1 Å². The third-order valence-corrected chi connectivity index (χ3v) is 4.82. The molecule has 1 amide bonds. The van der Waals surface area contributed by atoms with Crippen molar-refractivity contribution in [3.05, 3.63) is 47.9 Å². The smallest absolute Gasteiger partial charge is 0.275 e. The van der Waals surface area contributed by atoms with Crippen LogP contribution in [0.4, 0.5) is 11.5 Å². The molecule has 0 fully saturated rings. The Morgan fingerprint density at radius 3 is 2.75 bits per heavy atom. The van der Waals surface area contributed by atoms with Gasteiger partial charge in [-0.15, -0.1) is 0 Å². The Balaban J connectivity index is 1.30. The zero-order valence-corrected chi connectivity index (χ0v) is 15.7. The van der Waals surface area contributed by atoms with E-state index in [0.29, 0.717) is 36.2 Å². The highest BCUT2D eigenvalue weighted by Crippen LogP contribution is 2.32. The molecule has 0 saturated heterocycles. The van der Waals surface area contributed by atoms with Crippen LogP contribution in [-0.4, -0.2) is 35.6 Å². The quantitative estimate of drug-likeness (QED) is 0.742. The number of ether oxygens (including phenoxy) is 2. The van der Waals surface area contributed by atoms with Crippen LogP contribution in [0.25, 0.3) is 0 Å². The SMILES string of the molecule is O=C(Nc1ccc2c(c1)OCCO2)c1cnc(NCCC2=CCCCC2)cn1. The lowest BCUT2D eigenvalue weighted by Crippen LogP contribution is -2.17. The molecule has 7 nitrogen and oxygen atoms in total. The van der Waals surface area contributed by atoms with Gasteiger partial charge >= 0.3 is 0 Å². The van der Waals surface area contributed by atoms with Crippen molar-refractivity contribution in [2.24, 2.45) is 0 Å². The molecule has 2 heterocycles. The third kappa shape index (κ3) is 4.60. The normalized spacial score (nSPS) is 15.5. The second-order valence-electron chi connectivity index (χ2n) is 6.88. The largest absolute Gasteiger partial charge is 0.486 e. The van der Waals surface area contributed by atoms with Crippen LogP contribution in [0.2, 0.25) is 0 Å². The molecule has 0 radical (unpaired) electrons. The Labute approximate surface area is 164 Å². The van der Waals surface area contributed by atoms with Crippen molar-refractivity contribution in [2.45, 2.75) is 32.1 Å². The molecule has 0 spiro atoms. The summed E-state index contributed by atoms with van der Waals surface area (Å²) in [6.45, 7) is 1.86. The average molecular weight is 380 g/mol. The van der Waals surface area contributed by atoms with Crippen LogP contribution in [0, 0.1) is 0 Å². The topological polar surface area (TPSA) is 85.4 Å². The molecular weight excluding hydrogens is 356 g/mol. The maximum atomic E-state index is 12.4. The van der Waals surface area contributed by atoms with Gasteiger partial charge in [-0.2, -0.15) is 0 Å². The maximum absolute atomic E-state index is 12.4. The summed E-state index contributed by atoms with van der Waals surface area (Å²) < 4.78 is 11.0. The standard InChI is InChI=1S/C21H24N4O3/c26-21(25-16-6-7-18-19(12-16)28-11-10-27-18)17-13-24-20(14-23-17)22-9-8-15-4-2-1-3-5-15/h4,6-7,12-14H,1-3,5,8-11H2,(H,22,24)(H,25,26). The van der Waals surface area contributed by atoms with Gasteiger partial charge in [0.25, 0.3) is 5.91 Å². The highest BCUT2D eigenvalue weighted by Gasteiger charge is 2.14. The number of allylic oxidation sites excluding steroid dienone is 1. The maximum Gasteiger partial charge on any atom is 0.275 e. The predicted molar refractivity (Wildman–Crippen MR) is 107 cm³/mol. The Bertz CT molecular complexity index is 864. The number of benzene rings is 1. The third-order valence-electron chi connectivity index (χ3n) is 4.82. The van der Waals surface area contributed by atoms with E-state index in [1.165, 1.54) is 37.5 Å². The lowest BCUT2D eigenvalue weighted by Gasteiger charge is -2.18. The second kappa shape index (κ2) is 8.73. The molecule has 28 heavy (non-hydrogen) atoms. The van der Waals surface area contributed by atoms with Gasteiger partial charge in [-0.3, -0.25) is 4.79 Å². The van der Waals surface area contributed by atoms with Crippen molar-refractivity contribution in [1.82, 2.24) is 9.97 Å². The van der Waals surface area contributed by atoms with Crippen LogP contribution in [0.5, 0.6) is 11.5 Å². The van der Waals surface area contributed by atoms with Crippen molar-refractivity contribution >= 4 is 17.4 Å². The summed E-state index contributed by atoms with van der Waals surface area (Å²) in [4.78, 5) is 20.9. The Kier molecular flexibility index (Phi) is 5.70.